The summed E-state index contributed by atoms with van der Waals surface area (Å²) in [7, 11) is 0. The topological polar surface area (TPSA) is 62.7 Å². The van der Waals surface area contributed by atoms with Crippen LogP contribution in [0.5, 0.6) is 0 Å². The molecule has 0 saturated carbocycles. The standard InChI is InChI=1S/C7H4ClF2N3/c8-3-2-13-4(1-11)5(6(3)12)7(9)10/h2,7H,(H2,12,13). The Kier molecular flexibility index (Phi) is 2.63. The Bertz CT molecular complexity index is 373. The second-order valence-corrected chi connectivity index (χ2v) is 2.60. The van der Waals surface area contributed by atoms with E-state index in [1.807, 2.05) is 0 Å². The number of halogens is 3. The van der Waals surface area contributed by atoms with Gasteiger partial charge < -0.3 is 5.73 Å². The Morgan fingerprint density at radius 1 is 1.62 bits per heavy atom. The first kappa shape index (κ1) is 9.68. The average molecular weight is 204 g/mol. The molecule has 13 heavy (non-hydrogen) atoms. The minimum Gasteiger partial charge on any atom is -0.397 e. The molecule has 68 valence electrons. The molecule has 0 saturated heterocycles. The van der Waals surface area contributed by atoms with Gasteiger partial charge in [-0.05, 0) is 0 Å². The first-order valence-electron chi connectivity index (χ1n) is 3.20. The molecule has 0 amide bonds. The lowest BCUT2D eigenvalue weighted by Crippen LogP contribution is -2.01. The van der Waals surface area contributed by atoms with Gasteiger partial charge in [0.15, 0.2) is 5.69 Å². The maximum absolute atomic E-state index is 12.3. The summed E-state index contributed by atoms with van der Waals surface area (Å²) in [4.78, 5) is 3.43. The van der Waals surface area contributed by atoms with Crippen molar-refractivity contribution in [2.24, 2.45) is 0 Å². The van der Waals surface area contributed by atoms with Gasteiger partial charge in [0.05, 0.1) is 16.3 Å². The van der Waals surface area contributed by atoms with E-state index in [1.54, 1.807) is 0 Å². The Balaban J connectivity index is 3.43. The van der Waals surface area contributed by atoms with E-state index in [2.05, 4.69) is 4.98 Å². The summed E-state index contributed by atoms with van der Waals surface area (Å²) in [6, 6.07) is 1.52. The smallest absolute Gasteiger partial charge is 0.268 e. The zero-order chi connectivity index (χ0) is 10.0. The third-order valence-electron chi connectivity index (χ3n) is 1.43. The van der Waals surface area contributed by atoms with Crippen molar-refractivity contribution in [3.63, 3.8) is 0 Å². The summed E-state index contributed by atoms with van der Waals surface area (Å²) in [6.07, 6.45) is -1.78. The summed E-state index contributed by atoms with van der Waals surface area (Å²) >= 11 is 5.46. The molecule has 0 bridgehead atoms. The van der Waals surface area contributed by atoms with Crippen molar-refractivity contribution in [3.05, 3.63) is 22.5 Å². The largest absolute Gasteiger partial charge is 0.397 e. The number of pyridine rings is 1. The van der Waals surface area contributed by atoms with Gasteiger partial charge in [-0.15, -0.1) is 0 Å². The fourth-order valence-electron chi connectivity index (χ4n) is 0.827. The highest BCUT2D eigenvalue weighted by atomic mass is 35.5. The van der Waals surface area contributed by atoms with Crippen LogP contribution in [0.4, 0.5) is 14.5 Å². The molecule has 0 aliphatic heterocycles. The van der Waals surface area contributed by atoms with Gasteiger partial charge >= 0.3 is 0 Å². The number of nitrogens with two attached hydrogens (primary N) is 1. The summed E-state index contributed by atoms with van der Waals surface area (Å²) in [6.45, 7) is 0. The summed E-state index contributed by atoms with van der Waals surface area (Å²) < 4.78 is 24.7. The summed E-state index contributed by atoms with van der Waals surface area (Å²) in [5, 5.41) is 8.36. The van der Waals surface area contributed by atoms with Crippen LogP contribution < -0.4 is 5.73 Å². The second kappa shape index (κ2) is 3.54. The predicted molar refractivity (Wildman–Crippen MR) is 43.3 cm³/mol. The monoisotopic (exact) mass is 203 g/mol. The lowest BCUT2D eigenvalue weighted by Gasteiger charge is -2.06. The van der Waals surface area contributed by atoms with Gasteiger partial charge in [0.2, 0.25) is 0 Å². The molecule has 0 aliphatic carbocycles. The molecule has 1 aromatic rings. The van der Waals surface area contributed by atoms with Gasteiger partial charge in [0.25, 0.3) is 6.43 Å². The maximum atomic E-state index is 12.3. The van der Waals surface area contributed by atoms with Crippen molar-refractivity contribution < 1.29 is 8.78 Å². The highest BCUT2D eigenvalue weighted by Gasteiger charge is 2.19. The van der Waals surface area contributed by atoms with Crippen molar-refractivity contribution in [2.45, 2.75) is 6.43 Å². The molecule has 3 nitrogen and oxygen atoms in total. The second-order valence-electron chi connectivity index (χ2n) is 2.19. The van der Waals surface area contributed by atoms with Crippen LogP contribution in [0.1, 0.15) is 17.7 Å². The first-order valence-corrected chi connectivity index (χ1v) is 3.57. The quantitative estimate of drug-likeness (QED) is 0.761. The molecule has 0 spiro atoms. The summed E-state index contributed by atoms with van der Waals surface area (Å²) in [5.41, 5.74) is 3.97. The van der Waals surface area contributed by atoms with Crippen LogP contribution >= 0.6 is 11.6 Å². The maximum Gasteiger partial charge on any atom is 0.268 e. The fourth-order valence-corrected chi connectivity index (χ4v) is 0.977. The van der Waals surface area contributed by atoms with Crippen molar-refractivity contribution in [3.8, 4) is 6.07 Å². The molecule has 2 N–H and O–H groups in total. The molecule has 0 atom stereocenters. The lowest BCUT2D eigenvalue weighted by atomic mass is 10.2. The molecule has 6 heteroatoms. The third-order valence-corrected chi connectivity index (χ3v) is 1.73. The van der Waals surface area contributed by atoms with E-state index < -0.39 is 17.7 Å². The van der Waals surface area contributed by atoms with Gasteiger partial charge in [-0.2, -0.15) is 5.26 Å². The molecule has 1 heterocycles. The van der Waals surface area contributed by atoms with Gasteiger partial charge in [-0.1, -0.05) is 11.6 Å². The van der Waals surface area contributed by atoms with E-state index in [1.165, 1.54) is 6.07 Å². The van der Waals surface area contributed by atoms with E-state index in [4.69, 9.17) is 22.6 Å². The van der Waals surface area contributed by atoms with Crippen LogP contribution in [0.3, 0.4) is 0 Å². The number of nitrogen functional groups attached to an aromatic ring is 1. The zero-order valence-corrected chi connectivity index (χ0v) is 7.02. The van der Waals surface area contributed by atoms with Crippen molar-refractivity contribution >= 4 is 17.3 Å². The molecule has 1 rings (SSSR count). The van der Waals surface area contributed by atoms with Crippen molar-refractivity contribution in [1.82, 2.24) is 4.98 Å². The predicted octanol–water partition coefficient (Wildman–Crippen LogP) is 2.13. The third kappa shape index (κ3) is 1.68. The zero-order valence-electron chi connectivity index (χ0n) is 6.26. The van der Waals surface area contributed by atoms with Crippen LogP contribution in [0.15, 0.2) is 6.20 Å². The average Bonchev–Trinajstić information content (AvgIpc) is 2.08. The minimum absolute atomic E-state index is 0.0747. The van der Waals surface area contributed by atoms with E-state index >= 15 is 0 Å². The van der Waals surface area contributed by atoms with E-state index in [9.17, 15) is 8.78 Å². The number of nitrogens with zero attached hydrogens (tertiary/aromatic N) is 2. The van der Waals surface area contributed by atoms with E-state index in [0.717, 1.165) is 6.20 Å². The van der Waals surface area contributed by atoms with Gasteiger partial charge in [0.1, 0.15) is 6.07 Å². The molecular weight excluding hydrogens is 200 g/mol. The highest BCUT2D eigenvalue weighted by molar-refractivity contribution is 6.33. The molecule has 0 unspecified atom stereocenters. The molecule has 0 fully saturated rings. The van der Waals surface area contributed by atoms with Crippen LogP contribution in [-0.2, 0) is 0 Å². The van der Waals surface area contributed by atoms with Crippen LogP contribution in [-0.4, -0.2) is 4.98 Å². The Morgan fingerprint density at radius 3 is 2.69 bits per heavy atom. The van der Waals surface area contributed by atoms with Crippen LogP contribution in [0.2, 0.25) is 5.02 Å². The van der Waals surface area contributed by atoms with Gasteiger partial charge in [-0.3, -0.25) is 0 Å². The number of hydrogen-bond acceptors (Lipinski definition) is 3. The minimum atomic E-state index is -2.85. The van der Waals surface area contributed by atoms with Gasteiger partial charge in [-0.25, -0.2) is 13.8 Å². The number of rotatable bonds is 1. The number of alkyl halides is 2. The fraction of sp³-hybridized carbons (Fsp3) is 0.143. The van der Waals surface area contributed by atoms with E-state index in [0.29, 0.717) is 0 Å². The lowest BCUT2D eigenvalue weighted by molar-refractivity contribution is 0.151. The Labute approximate surface area is 77.7 Å². The Morgan fingerprint density at radius 2 is 2.23 bits per heavy atom. The SMILES string of the molecule is N#Cc1ncc(Cl)c(N)c1C(F)F. The highest BCUT2D eigenvalue weighted by Crippen LogP contribution is 2.31. The van der Waals surface area contributed by atoms with Crippen molar-refractivity contribution in [1.29, 1.82) is 5.26 Å². The molecule has 1 aromatic heterocycles. The number of anilines is 1. The first-order chi connectivity index (χ1) is 6.07. The van der Waals surface area contributed by atoms with Crippen LogP contribution in [0, 0.1) is 11.3 Å². The number of aromatic nitrogens is 1. The van der Waals surface area contributed by atoms with Crippen LogP contribution in [0.25, 0.3) is 0 Å². The Hall–Kier alpha value is -1.41. The van der Waals surface area contributed by atoms with Crippen molar-refractivity contribution in [2.75, 3.05) is 5.73 Å². The molecule has 0 aromatic carbocycles. The van der Waals surface area contributed by atoms with E-state index in [-0.39, 0.29) is 10.7 Å². The molecule has 0 radical (unpaired) electrons. The molecule has 0 aliphatic rings. The number of hydrogen-bond donors (Lipinski definition) is 1. The molecular formula is C7H4ClF2N3. The van der Waals surface area contributed by atoms with Gasteiger partial charge in [0, 0.05) is 6.20 Å². The summed E-state index contributed by atoms with van der Waals surface area (Å²) in [5.74, 6) is 0. The number of nitriles is 1. The normalized spacial score (nSPS) is 10.1.